The maximum absolute atomic E-state index is 13.1. The summed E-state index contributed by atoms with van der Waals surface area (Å²) in [5.41, 5.74) is 0.964. The highest BCUT2D eigenvalue weighted by Gasteiger charge is 2.27. The van der Waals surface area contributed by atoms with E-state index in [0.717, 1.165) is 29.1 Å². The van der Waals surface area contributed by atoms with Gasteiger partial charge in [0.15, 0.2) is 0 Å². The molecule has 0 bridgehead atoms. The van der Waals surface area contributed by atoms with Gasteiger partial charge in [0.25, 0.3) is 5.91 Å². The highest BCUT2D eigenvalue weighted by Crippen LogP contribution is 2.34. The molecule has 7 nitrogen and oxygen atoms in total. The number of thiophene rings is 1. The Morgan fingerprint density at radius 3 is 2.69 bits per heavy atom. The molecule has 0 saturated carbocycles. The summed E-state index contributed by atoms with van der Waals surface area (Å²) in [5, 5.41) is 5.61. The summed E-state index contributed by atoms with van der Waals surface area (Å²) < 4.78 is 33.4. The summed E-state index contributed by atoms with van der Waals surface area (Å²) in [6, 6.07) is 8.54. The number of nitrogens with one attached hydrogen (secondary N) is 1. The summed E-state index contributed by atoms with van der Waals surface area (Å²) >= 11 is 2.88. The number of amides is 1. The summed E-state index contributed by atoms with van der Waals surface area (Å²) in [4.78, 5) is 19.3. The zero-order valence-corrected chi connectivity index (χ0v) is 20.4. The molecule has 1 aromatic carbocycles. The van der Waals surface area contributed by atoms with Crippen LogP contribution in [0.5, 0.6) is 5.75 Å². The van der Waals surface area contributed by atoms with Crippen LogP contribution in [0.1, 0.15) is 41.6 Å². The lowest BCUT2D eigenvalue weighted by Crippen LogP contribution is -2.35. The van der Waals surface area contributed by atoms with Crippen molar-refractivity contribution in [1.29, 1.82) is 0 Å². The molecular formula is C22H25N3O4S3. The Hall–Kier alpha value is -2.27. The molecule has 1 aliphatic heterocycles. The molecule has 1 saturated heterocycles. The minimum absolute atomic E-state index is 0.151. The number of carbonyl (C=O) groups excluding carboxylic acids is 1. The summed E-state index contributed by atoms with van der Waals surface area (Å²) in [6.45, 7) is 5.06. The lowest BCUT2D eigenvalue weighted by atomic mass is 10.2. The van der Waals surface area contributed by atoms with Crippen LogP contribution in [0.3, 0.4) is 0 Å². The fourth-order valence-corrected chi connectivity index (χ4v) is 6.90. The van der Waals surface area contributed by atoms with Crippen molar-refractivity contribution in [3.63, 3.8) is 0 Å². The van der Waals surface area contributed by atoms with E-state index < -0.39 is 10.0 Å². The highest BCUT2D eigenvalue weighted by atomic mass is 32.2. The van der Waals surface area contributed by atoms with Gasteiger partial charge in [-0.3, -0.25) is 4.79 Å². The topological polar surface area (TPSA) is 88.6 Å². The Kier molecular flexibility index (Phi) is 6.94. The Morgan fingerprint density at radius 1 is 1.22 bits per heavy atom. The third-order valence-electron chi connectivity index (χ3n) is 5.19. The first-order valence-corrected chi connectivity index (χ1v) is 13.6. The van der Waals surface area contributed by atoms with Gasteiger partial charge in [-0.25, -0.2) is 13.4 Å². The summed E-state index contributed by atoms with van der Waals surface area (Å²) in [6.07, 6.45) is 2.76. The maximum atomic E-state index is 13.1. The molecule has 0 spiro atoms. The second kappa shape index (κ2) is 9.70. The van der Waals surface area contributed by atoms with Crippen LogP contribution >= 0.6 is 22.7 Å². The molecule has 1 fully saturated rings. The van der Waals surface area contributed by atoms with Gasteiger partial charge >= 0.3 is 0 Å². The SMILES string of the molecule is CCOc1ccc(S(=O)(=O)N2CCCCC2)cc1NC(=O)c1sc(-c2cccs2)nc1C. The number of carbonyl (C=O) groups is 1. The molecule has 1 N–H and O–H groups in total. The molecule has 3 aromatic rings. The first-order chi connectivity index (χ1) is 15.4. The number of piperidine rings is 1. The molecule has 0 aliphatic carbocycles. The van der Waals surface area contributed by atoms with Gasteiger partial charge in [0.1, 0.15) is 15.6 Å². The Bertz CT molecular complexity index is 1200. The van der Waals surface area contributed by atoms with E-state index in [1.165, 1.54) is 27.8 Å². The van der Waals surface area contributed by atoms with E-state index in [-0.39, 0.29) is 10.8 Å². The number of nitrogens with zero attached hydrogens (tertiary/aromatic N) is 2. The van der Waals surface area contributed by atoms with Crippen LogP contribution in [0.15, 0.2) is 40.6 Å². The normalized spacial score (nSPS) is 14.9. The fraction of sp³-hybridized carbons (Fsp3) is 0.364. The monoisotopic (exact) mass is 491 g/mol. The van der Waals surface area contributed by atoms with Gasteiger partial charge in [-0.15, -0.1) is 22.7 Å². The maximum Gasteiger partial charge on any atom is 0.267 e. The molecule has 4 rings (SSSR count). The Labute approximate surface area is 196 Å². The highest BCUT2D eigenvalue weighted by molar-refractivity contribution is 7.89. The molecule has 170 valence electrons. The number of rotatable bonds is 7. The number of aromatic nitrogens is 1. The molecule has 1 aliphatic rings. The van der Waals surface area contributed by atoms with Crippen LogP contribution < -0.4 is 10.1 Å². The van der Waals surface area contributed by atoms with Crippen molar-refractivity contribution >= 4 is 44.3 Å². The second-order valence-corrected chi connectivity index (χ2v) is 11.3. The second-order valence-electron chi connectivity index (χ2n) is 7.42. The van der Waals surface area contributed by atoms with Gasteiger partial charge in [-0.05, 0) is 56.3 Å². The van der Waals surface area contributed by atoms with E-state index in [0.29, 0.717) is 41.7 Å². The smallest absolute Gasteiger partial charge is 0.267 e. The predicted octanol–water partition coefficient (Wildman–Crippen LogP) is 5.01. The van der Waals surface area contributed by atoms with Crippen LogP contribution in [-0.2, 0) is 10.0 Å². The molecule has 0 atom stereocenters. The fourth-order valence-electron chi connectivity index (χ4n) is 3.59. The lowest BCUT2D eigenvalue weighted by Gasteiger charge is -2.26. The van der Waals surface area contributed by atoms with Crippen molar-refractivity contribution in [3.8, 4) is 15.6 Å². The third-order valence-corrected chi connectivity index (χ3v) is 9.28. The largest absolute Gasteiger partial charge is 0.492 e. The van der Waals surface area contributed by atoms with Crippen LogP contribution in [0, 0.1) is 6.92 Å². The van der Waals surface area contributed by atoms with E-state index >= 15 is 0 Å². The summed E-state index contributed by atoms with van der Waals surface area (Å²) in [7, 11) is -3.63. The van der Waals surface area contributed by atoms with Gasteiger partial charge < -0.3 is 10.1 Å². The first kappa shape index (κ1) is 22.9. The number of anilines is 1. The zero-order chi connectivity index (χ0) is 22.7. The van der Waals surface area contributed by atoms with E-state index in [2.05, 4.69) is 10.3 Å². The zero-order valence-electron chi connectivity index (χ0n) is 18.0. The van der Waals surface area contributed by atoms with Crippen molar-refractivity contribution in [2.45, 2.75) is 38.0 Å². The molecular weight excluding hydrogens is 466 g/mol. The van der Waals surface area contributed by atoms with Gasteiger partial charge in [0, 0.05) is 13.1 Å². The van der Waals surface area contributed by atoms with Crippen LogP contribution in [-0.4, -0.2) is 43.3 Å². The summed E-state index contributed by atoms with van der Waals surface area (Å²) in [5.74, 6) is 0.0929. The van der Waals surface area contributed by atoms with Crippen LogP contribution in [0.25, 0.3) is 9.88 Å². The van der Waals surface area contributed by atoms with E-state index in [1.54, 1.807) is 24.3 Å². The molecule has 0 unspecified atom stereocenters. The Balaban J connectivity index is 1.63. The minimum atomic E-state index is -3.63. The number of sulfonamides is 1. The number of thiazole rings is 1. The minimum Gasteiger partial charge on any atom is -0.492 e. The first-order valence-electron chi connectivity index (χ1n) is 10.5. The van der Waals surface area contributed by atoms with Crippen molar-refractivity contribution in [3.05, 3.63) is 46.3 Å². The van der Waals surface area contributed by atoms with E-state index in [4.69, 9.17) is 4.74 Å². The number of aryl methyl sites for hydroxylation is 1. The van der Waals surface area contributed by atoms with E-state index in [1.807, 2.05) is 24.4 Å². The number of hydrogen-bond donors (Lipinski definition) is 1. The van der Waals surface area contributed by atoms with Crippen molar-refractivity contribution in [2.24, 2.45) is 0 Å². The lowest BCUT2D eigenvalue weighted by molar-refractivity contribution is 0.102. The van der Waals surface area contributed by atoms with Gasteiger partial charge in [0.05, 0.1) is 27.8 Å². The molecule has 0 radical (unpaired) electrons. The molecule has 32 heavy (non-hydrogen) atoms. The number of ether oxygens (including phenoxy) is 1. The van der Waals surface area contributed by atoms with E-state index in [9.17, 15) is 13.2 Å². The van der Waals surface area contributed by atoms with Gasteiger partial charge in [-0.2, -0.15) is 4.31 Å². The van der Waals surface area contributed by atoms with Crippen LogP contribution in [0.4, 0.5) is 5.69 Å². The van der Waals surface area contributed by atoms with Gasteiger partial charge in [-0.1, -0.05) is 12.5 Å². The quantitative estimate of drug-likeness (QED) is 0.502. The average Bonchev–Trinajstić information content (AvgIpc) is 3.45. The molecule has 1 amide bonds. The molecule has 10 heteroatoms. The average molecular weight is 492 g/mol. The van der Waals surface area contributed by atoms with Crippen LogP contribution in [0.2, 0.25) is 0 Å². The number of benzene rings is 1. The number of hydrogen-bond acceptors (Lipinski definition) is 7. The molecule has 2 aromatic heterocycles. The van der Waals surface area contributed by atoms with Crippen molar-refractivity contribution in [1.82, 2.24) is 9.29 Å². The predicted molar refractivity (Wildman–Crippen MR) is 128 cm³/mol. The van der Waals surface area contributed by atoms with Gasteiger partial charge in [0.2, 0.25) is 10.0 Å². The third kappa shape index (κ3) is 4.73. The van der Waals surface area contributed by atoms with Crippen molar-refractivity contribution in [2.75, 3.05) is 25.0 Å². The molecule has 3 heterocycles. The Morgan fingerprint density at radius 2 is 2.00 bits per heavy atom. The standard InChI is InChI=1S/C22H25N3O4S3/c1-3-29-18-10-9-16(32(27,28)25-11-5-4-6-12-25)14-17(18)24-21(26)20-15(2)23-22(31-20)19-8-7-13-30-19/h7-10,13-14H,3-6,11-12H2,1-2H3,(H,24,26). The van der Waals surface area contributed by atoms with Crippen molar-refractivity contribution < 1.29 is 17.9 Å².